The molecule has 1 unspecified atom stereocenters. The molecule has 0 aliphatic rings. The molecule has 0 bridgehead atoms. The van der Waals surface area contributed by atoms with Gasteiger partial charge in [0.15, 0.2) is 0 Å². The molecule has 18 heavy (non-hydrogen) atoms. The fourth-order valence-corrected chi connectivity index (χ4v) is 13.9. The predicted octanol–water partition coefficient (Wildman–Crippen LogP) is 4.56. The normalized spacial score (nSPS) is 14.0. The third-order valence-corrected chi connectivity index (χ3v) is 30.3. The number of unbranched alkanes of at least 4 members (excludes halogenated alkanes) is 1. The van der Waals surface area contributed by atoms with Crippen LogP contribution in [-0.2, 0) is 0 Å². The molecule has 1 atom stereocenters. The van der Waals surface area contributed by atoms with Crippen molar-refractivity contribution in [3.05, 3.63) is 35.9 Å². The van der Waals surface area contributed by atoms with Crippen LogP contribution in [0.1, 0.15) is 36.5 Å². The van der Waals surface area contributed by atoms with Crippen molar-refractivity contribution in [1.82, 2.24) is 0 Å². The number of carbonyl (C=O) groups is 1. The minimum absolute atomic E-state index is 0.237. The topological polar surface area (TPSA) is 17.1 Å². The molecule has 0 saturated heterocycles. The summed E-state index contributed by atoms with van der Waals surface area (Å²) in [6.45, 7) is 2.16. The summed E-state index contributed by atoms with van der Waals surface area (Å²) in [7, 11) is 6.72. The van der Waals surface area contributed by atoms with Gasteiger partial charge in [0.05, 0.1) is 0 Å². The molecule has 0 aliphatic carbocycles. The van der Waals surface area contributed by atoms with Crippen molar-refractivity contribution in [2.45, 2.75) is 30.1 Å². The molecule has 1 nitrogen and oxygen atoms in total. The molecule has 0 N–H and O–H groups in total. The van der Waals surface area contributed by atoms with Gasteiger partial charge in [-0.1, -0.05) is 0 Å². The van der Waals surface area contributed by atoms with Crippen molar-refractivity contribution in [1.29, 1.82) is 0 Å². The van der Waals surface area contributed by atoms with Crippen LogP contribution < -0.4 is 0 Å². The fraction of sp³-hybridized carbons (Fsp3) is 0.429. The van der Waals surface area contributed by atoms with E-state index in [4.69, 9.17) is 8.45 Å². The monoisotopic (exact) mass is 507 g/mol. The molecule has 0 heterocycles. The Hall–Kier alpha value is 0.512. The van der Waals surface area contributed by atoms with Gasteiger partial charge in [-0.05, 0) is 0 Å². The van der Waals surface area contributed by atoms with E-state index in [-0.39, 0.29) is 5.78 Å². The molecule has 0 fully saturated rings. The number of hydrogen-bond donors (Lipinski definition) is 1. The van der Waals surface area contributed by atoms with E-state index in [1.165, 1.54) is 0 Å². The fourth-order valence-electron chi connectivity index (χ4n) is 1.80. The molecular formula is C14H21OS2U. The van der Waals surface area contributed by atoms with Gasteiger partial charge in [0.2, 0.25) is 0 Å². The van der Waals surface area contributed by atoms with Gasteiger partial charge >= 0.3 is 122 Å². The SMILES string of the molecule is CCCC[C](C(=O)c1ccccc1)=[U]([CH3])([SH])[S]C. The molecule has 0 amide bonds. The molecular weight excluding hydrogens is 486 g/mol. The van der Waals surface area contributed by atoms with Crippen LogP contribution in [0.4, 0.5) is 0 Å². The zero-order valence-corrected chi connectivity index (χ0v) is 17.1. The van der Waals surface area contributed by atoms with Crippen LogP contribution in [0.15, 0.2) is 30.3 Å². The Bertz CT molecular complexity index is 448. The van der Waals surface area contributed by atoms with E-state index in [9.17, 15) is 4.79 Å². The average Bonchev–Trinajstić information content (AvgIpc) is 2.39. The molecule has 0 saturated carbocycles. The Balaban J connectivity index is 3.13. The summed E-state index contributed by atoms with van der Waals surface area (Å²) < 4.78 is 3.37. The summed E-state index contributed by atoms with van der Waals surface area (Å²) in [6, 6.07) is 9.62. The van der Waals surface area contributed by atoms with Crippen LogP contribution in [0.5, 0.6) is 0 Å². The predicted molar refractivity (Wildman–Crippen MR) is 83.7 cm³/mol. The molecule has 1 aromatic rings. The van der Waals surface area contributed by atoms with Crippen LogP contribution in [0.25, 0.3) is 0 Å². The molecule has 1 rings (SSSR count). The van der Waals surface area contributed by atoms with Crippen molar-refractivity contribution >= 4 is 24.3 Å². The Labute approximate surface area is 121 Å². The first-order valence-electron chi connectivity index (χ1n) is 6.26. The van der Waals surface area contributed by atoms with E-state index in [1.807, 2.05) is 37.9 Å². The van der Waals surface area contributed by atoms with Crippen LogP contribution in [0.3, 0.4) is 0 Å². The van der Waals surface area contributed by atoms with E-state index in [1.54, 1.807) is 0 Å². The standard InChI is InChI=1S/C12H14O.CH4S.CH3.H2S.U/c1-2-3-5-10-12(13)11-8-6-4-7-9-11;1-2;;;/h4,6-9H,2-3,5H2,1H3;2H,1H3;1H3;1H2;/q;;;;+2/p-2. The summed E-state index contributed by atoms with van der Waals surface area (Å²) in [5.41, 5.74) is 0.819. The van der Waals surface area contributed by atoms with Gasteiger partial charge in [-0.3, -0.25) is 0 Å². The maximum atomic E-state index is 12.6. The van der Waals surface area contributed by atoms with Gasteiger partial charge in [0.1, 0.15) is 0 Å². The second-order valence-corrected chi connectivity index (χ2v) is 39.5. The van der Waals surface area contributed by atoms with Crippen LogP contribution in [0.2, 0.25) is 3.96 Å². The first-order valence-corrected chi connectivity index (χ1v) is 24.9. The molecule has 99 valence electrons. The van der Waals surface area contributed by atoms with E-state index in [0.29, 0.717) is 0 Å². The Morgan fingerprint density at radius 1 is 1.33 bits per heavy atom. The summed E-state index contributed by atoms with van der Waals surface area (Å²) in [4.78, 5) is 12.6. The van der Waals surface area contributed by atoms with Gasteiger partial charge in [-0.2, -0.15) is 0 Å². The van der Waals surface area contributed by atoms with Crippen LogP contribution in [-0.4, -0.2) is 14.6 Å². The zero-order valence-electron chi connectivity index (χ0n) is 11.3. The second-order valence-electron chi connectivity index (χ2n) is 4.46. The van der Waals surface area contributed by atoms with E-state index in [2.05, 4.69) is 17.1 Å². The zero-order chi connectivity index (χ0) is 13.6. The van der Waals surface area contributed by atoms with Crippen molar-refractivity contribution in [2.24, 2.45) is 0 Å². The first-order chi connectivity index (χ1) is 8.53. The number of rotatable bonds is 6. The van der Waals surface area contributed by atoms with Gasteiger partial charge in [-0.25, -0.2) is 0 Å². The molecule has 0 spiro atoms. The van der Waals surface area contributed by atoms with Gasteiger partial charge in [-0.15, -0.1) is 0 Å². The summed E-state index contributed by atoms with van der Waals surface area (Å²) >= 11 is -2.91. The van der Waals surface area contributed by atoms with E-state index >= 15 is 0 Å². The number of Topliss-reactive ketones (excluding diaryl/α,β-unsaturated/α-hetero) is 1. The minimum atomic E-state index is -2.91. The van der Waals surface area contributed by atoms with Gasteiger partial charge in [0.25, 0.3) is 0 Å². The Morgan fingerprint density at radius 3 is 2.44 bits per heavy atom. The number of thiol groups is 1. The van der Waals surface area contributed by atoms with Gasteiger partial charge in [0, 0.05) is 0 Å². The summed E-state index contributed by atoms with van der Waals surface area (Å²) in [5, 5.41) is 0. The first kappa shape index (κ1) is 16.6. The number of carbonyl (C=O) groups excluding carboxylic acids is 1. The van der Waals surface area contributed by atoms with E-state index < -0.39 is 20.6 Å². The second kappa shape index (κ2) is 7.95. The summed E-state index contributed by atoms with van der Waals surface area (Å²) in [6.07, 6.45) is 5.24. The molecule has 0 aliphatic heterocycles. The molecule has 4 heteroatoms. The van der Waals surface area contributed by atoms with Crippen molar-refractivity contribution < 1.29 is 25.4 Å². The third kappa shape index (κ3) is 4.56. The molecule has 0 aromatic heterocycles. The number of benzene rings is 1. The van der Waals surface area contributed by atoms with Crippen LogP contribution in [0, 0.1) is 20.6 Å². The van der Waals surface area contributed by atoms with Crippen LogP contribution >= 0.6 is 16.0 Å². The molecule has 0 radical (unpaired) electrons. The third-order valence-electron chi connectivity index (χ3n) is 3.05. The van der Waals surface area contributed by atoms with Crippen molar-refractivity contribution in [2.75, 3.05) is 6.26 Å². The molecule has 1 aromatic carbocycles. The quantitative estimate of drug-likeness (QED) is 0.449. The van der Waals surface area contributed by atoms with E-state index in [0.717, 1.165) is 27.4 Å². The van der Waals surface area contributed by atoms with Crippen molar-refractivity contribution in [3.63, 3.8) is 0 Å². The number of hydrogen-bond acceptors (Lipinski definition) is 3. The Morgan fingerprint density at radius 2 is 1.94 bits per heavy atom. The van der Waals surface area contributed by atoms with Gasteiger partial charge < -0.3 is 0 Å². The Kier molecular flexibility index (Phi) is 7.31. The number of ketones is 1. The maximum absolute atomic E-state index is 12.6. The van der Waals surface area contributed by atoms with Crippen molar-refractivity contribution in [3.8, 4) is 0 Å². The summed E-state index contributed by atoms with van der Waals surface area (Å²) in [5.74, 6) is 0.237. The average molecular weight is 507 g/mol.